The van der Waals surface area contributed by atoms with E-state index in [4.69, 9.17) is 9.47 Å². The second kappa shape index (κ2) is 12.0. The number of rotatable bonds is 8. The third kappa shape index (κ3) is 5.77. The highest BCUT2D eigenvalue weighted by Crippen LogP contribution is 2.54. The van der Waals surface area contributed by atoms with Crippen LogP contribution in [0, 0.1) is 11.3 Å². The number of anilines is 2. The summed E-state index contributed by atoms with van der Waals surface area (Å²) in [5.74, 6) is 0.107. The van der Waals surface area contributed by atoms with Gasteiger partial charge in [0.1, 0.15) is 6.61 Å². The molecule has 2 amide bonds. The van der Waals surface area contributed by atoms with Gasteiger partial charge in [-0.15, -0.1) is 0 Å². The van der Waals surface area contributed by atoms with Crippen molar-refractivity contribution in [1.82, 2.24) is 0 Å². The van der Waals surface area contributed by atoms with Crippen LogP contribution in [0.3, 0.4) is 0 Å². The molecule has 7 rings (SSSR count). The normalized spacial score (nSPS) is 21.6. The van der Waals surface area contributed by atoms with E-state index in [2.05, 4.69) is 41.5 Å². The lowest BCUT2D eigenvalue weighted by Crippen LogP contribution is -2.35. The van der Waals surface area contributed by atoms with Gasteiger partial charge in [0.15, 0.2) is 6.29 Å². The Kier molecular flexibility index (Phi) is 7.73. The first-order valence-electron chi connectivity index (χ1n) is 15.4. The number of fused-ring (bicyclic) bond motifs is 4. The van der Waals surface area contributed by atoms with E-state index < -0.39 is 12.4 Å². The molecule has 7 heteroatoms. The highest BCUT2D eigenvalue weighted by molar-refractivity contribution is 5.92. The SMILES string of the molecule is C=C1CC2COC(O)C2(Cc2ccc(NC(=O)Cc3cccc(NC(=O)OCC4c5ccccc5-c5ccccc54)c3)cc2)C1. The summed E-state index contributed by atoms with van der Waals surface area (Å²) in [6.07, 6.45) is 1.20. The van der Waals surface area contributed by atoms with Gasteiger partial charge >= 0.3 is 6.09 Å². The molecule has 3 atom stereocenters. The van der Waals surface area contributed by atoms with Crippen LogP contribution >= 0.6 is 0 Å². The number of carbonyl (C=O) groups is 2. The fraction of sp³-hybridized carbons (Fsp3) is 0.263. The van der Waals surface area contributed by atoms with Gasteiger partial charge in [-0.3, -0.25) is 10.1 Å². The van der Waals surface area contributed by atoms with Crippen LogP contribution in [0.5, 0.6) is 0 Å². The maximum Gasteiger partial charge on any atom is 0.411 e. The monoisotopic (exact) mass is 600 g/mol. The number of nitrogens with one attached hydrogen (secondary N) is 2. The fourth-order valence-electron chi connectivity index (χ4n) is 7.40. The zero-order valence-corrected chi connectivity index (χ0v) is 25.0. The molecule has 3 unspecified atom stereocenters. The summed E-state index contributed by atoms with van der Waals surface area (Å²) in [6.45, 7) is 4.95. The second-order valence-electron chi connectivity index (χ2n) is 12.5. The average Bonchev–Trinajstić information content (AvgIpc) is 3.63. The molecule has 1 saturated carbocycles. The summed E-state index contributed by atoms with van der Waals surface area (Å²) >= 11 is 0. The standard InChI is InChI=1S/C38H36N2O5/c1-24-17-27-22-44-36(42)38(27,20-24)21-25-13-15-28(16-14-25)39-35(41)19-26-7-6-8-29(18-26)40-37(43)45-23-34-32-11-4-2-9-30(32)31-10-3-5-12-33(31)34/h2-16,18,27,34,36,42H,1,17,19-23H2,(H,39,41)(H,40,43). The van der Waals surface area contributed by atoms with Crippen LogP contribution in [0.1, 0.15) is 41.0 Å². The van der Waals surface area contributed by atoms with Crippen LogP contribution in [0.4, 0.5) is 16.2 Å². The third-order valence-corrected chi connectivity index (χ3v) is 9.53. The minimum Gasteiger partial charge on any atom is -0.448 e. The van der Waals surface area contributed by atoms with E-state index in [0.717, 1.165) is 35.1 Å². The molecule has 0 bridgehead atoms. The molecule has 2 aliphatic carbocycles. The smallest absolute Gasteiger partial charge is 0.411 e. The Bertz CT molecular complexity index is 1720. The Labute approximate surface area is 262 Å². The first-order chi connectivity index (χ1) is 21.9. The van der Waals surface area contributed by atoms with Crippen LogP contribution in [-0.2, 0) is 27.1 Å². The van der Waals surface area contributed by atoms with Gasteiger partial charge in [-0.05, 0) is 82.8 Å². The van der Waals surface area contributed by atoms with E-state index in [-0.39, 0.29) is 36.2 Å². The highest BCUT2D eigenvalue weighted by Gasteiger charge is 2.54. The summed E-state index contributed by atoms with van der Waals surface area (Å²) in [6, 6.07) is 31.4. The van der Waals surface area contributed by atoms with Gasteiger partial charge in [0, 0.05) is 22.7 Å². The maximum absolute atomic E-state index is 12.9. The minimum absolute atomic E-state index is 0.0186. The molecule has 0 aromatic heterocycles. The summed E-state index contributed by atoms with van der Waals surface area (Å²) < 4.78 is 11.3. The van der Waals surface area contributed by atoms with Crippen molar-refractivity contribution in [1.29, 1.82) is 0 Å². The van der Waals surface area contributed by atoms with Gasteiger partial charge in [0.25, 0.3) is 0 Å². The summed E-state index contributed by atoms with van der Waals surface area (Å²) in [5, 5.41) is 16.4. The van der Waals surface area contributed by atoms with Crippen LogP contribution in [0.15, 0.2) is 109 Å². The summed E-state index contributed by atoms with van der Waals surface area (Å²) in [4.78, 5) is 25.6. The Balaban J connectivity index is 0.926. The van der Waals surface area contributed by atoms with E-state index in [1.165, 1.54) is 16.7 Å². The zero-order chi connectivity index (χ0) is 31.0. The van der Waals surface area contributed by atoms with E-state index in [0.29, 0.717) is 24.4 Å². The quantitative estimate of drug-likeness (QED) is 0.188. The molecule has 1 saturated heterocycles. The Morgan fingerprint density at radius 1 is 0.867 bits per heavy atom. The van der Waals surface area contributed by atoms with Crippen LogP contribution in [0.2, 0.25) is 0 Å². The summed E-state index contributed by atoms with van der Waals surface area (Å²) in [5.41, 5.74) is 8.64. The van der Waals surface area contributed by atoms with Gasteiger partial charge < -0.3 is 19.9 Å². The van der Waals surface area contributed by atoms with Crippen molar-refractivity contribution in [2.45, 2.75) is 37.9 Å². The highest BCUT2D eigenvalue weighted by atomic mass is 16.6. The summed E-state index contributed by atoms with van der Waals surface area (Å²) in [7, 11) is 0. The minimum atomic E-state index is -0.782. The topological polar surface area (TPSA) is 96.9 Å². The van der Waals surface area contributed by atoms with Crippen molar-refractivity contribution < 1.29 is 24.2 Å². The molecule has 3 aliphatic rings. The predicted octanol–water partition coefficient (Wildman–Crippen LogP) is 7.07. The van der Waals surface area contributed by atoms with E-state index in [9.17, 15) is 14.7 Å². The Morgan fingerprint density at radius 2 is 1.58 bits per heavy atom. The van der Waals surface area contributed by atoms with E-state index in [1.807, 2.05) is 60.7 Å². The van der Waals surface area contributed by atoms with Gasteiger partial charge in [0.2, 0.25) is 5.91 Å². The molecule has 1 heterocycles. The van der Waals surface area contributed by atoms with E-state index >= 15 is 0 Å². The fourth-order valence-corrected chi connectivity index (χ4v) is 7.40. The average molecular weight is 601 g/mol. The van der Waals surface area contributed by atoms with Crippen molar-refractivity contribution in [2.75, 3.05) is 23.8 Å². The van der Waals surface area contributed by atoms with Crippen molar-refractivity contribution in [3.8, 4) is 11.1 Å². The number of benzene rings is 4. The zero-order valence-electron chi connectivity index (χ0n) is 25.0. The third-order valence-electron chi connectivity index (χ3n) is 9.53. The van der Waals surface area contributed by atoms with Crippen LogP contribution in [-0.4, -0.2) is 36.6 Å². The lowest BCUT2D eigenvalue weighted by molar-refractivity contribution is -0.117. The molecule has 228 valence electrons. The van der Waals surface area contributed by atoms with Gasteiger partial charge in [-0.25, -0.2) is 4.79 Å². The lowest BCUT2D eigenvalue weighted by Gasteiger charge is -2.30. The maximum atomic E-state index is 12.9. The van der Waals surface area contributed by atoms with Crippen molar-refractivity contribution in [2.24, 2.45) is 11.3 Å². The number of amides is 2. The number of carbonyl (C=O) groups excluding carboxylic acids is 2. The number of ether oxygens (including phenoxy) is 2. The number of hydrogen-bond donors (Lipinski definition) is 3. The molecule has 4 aromatic carbocycles. The molecule has 3 N–H and O–H groups in total. The molecule has 1 aliphatic heterocycles. The van der Waals surface area contributed by atoms with Gasteiger partial charge in [-0.2, -0.15) is 0 Å². The van der Waals surface area contributed by atoms with Crippen molar-refractivity contribution in [3.05, 3.63) is 131 Å². The van der Waals surface area contributed by atoms with Crippen molar-refractivity contribution in [3.63, 3.8) is 0 Å². The largest absolute Gasteiger partial charge is 0.448 e. The first-order valence-corrected chi connectivity index (χ1v) is 15.4. The number of hydrogen-bond acceptors (Lipinski definition) is 5. The first kappa shape index (κ1) is 29.0. The number of aliphatic hydroxyl groups excluding tert-OH is 1. The molecule has 4 aromatic rings. The molecular formula is C38H36N2O5. The molecule has 2 fully saturated rings. The van der Waals surface area contributed by atoms with E-state index in [1.54, 1.807) is 12.1 Å². The predicted molar refractivity (Wildman–Crippen MR) is 174 cm³/mol. The molecule has 45 heavy (non-hydrogen) atoms. The molecule has 0 spiro atoms. The molecule has 7 nitrogen and oxygen atoms in total. The number of aliphatic hydroxyl groups is 1. The lowest BCUT2D eigenvalue weighted by atomic mass is 9.74. The Morgan fingerprint density at radius 3 is 2.31 bits per heavy atom. The molecule has 0 radical (unpaired) electrons. The van der Waals surface area contributed by atoms with Crippen molar-refractivity contribution >= 4 is 23.4 Å². The molecular weight excluding hydrogens is 564 g/mol. The second-order valence-corrected chi connectivity index (χ2v) is 12.5. The van der Waals surface area contributed by atoms with Gasteiger partial charge in [0.05, 0.1) is 13.0 Å². The van der Waals surface area contributed by atoms with Crippen LogP contribution in [0.25, 0.3) is 11.1 Å². The van der Waals surface area contributed by atoms with Crippen LogP contribution < -0.4 is 10.6 Å². The Hall–Kier alpha value is -4.72. The van der Waals surface area contributed by atoms with Gasteiger partial charge in [-0.1, -0.05) is 84.9 Å². The number of allylic oxidation sites excluding steroid dienone is 1.